The Kier molecular flexibility index (Phi) is 7.42. The molecule has 0 radical (unpaired) electrons. The van der Waals surface area contributed by atoms with Gasteiger partial charge in [-0.15, -0.1) is 0 Å². The molecule has 0 atom stereocenters. The fraction of sp³-hybridized carbons (Fsp3) is 0.350. The SMILES string of the molecule is CCNc1ccc(S(=O)(=O)N(C)C)cc1NCC(=O)Nc1ccccc1CC. The minimum Gasteiger partial charge on any atom is -0.384 e. The number of amides is 1. The van der Waals surface area contributed by atoms with Crippen molar-refractivity contribution in [1.29, 1.82) is 0 Å². The molecule has 0 unspecified atom stereocenters. The second-order valence-corrected chi connectivity index (χ2v) is 8.59. The molecule has 1 amide bonds. The second kappa shape index (κ2) is 9.57. The van der Waals surface area contributed by atoms with Crippen LogP contribution in [0.25, 0.3) is 0 Å². The standard InChI is InChI=1S/C20H28N4O3S/c1-5-15-9-7-8-10-17(15)23-20(25)14-22-19-13-16(28(26,27)24(3)4)11-12-18(19)21-6-2/h7-13,21-22H,5-6,14H2,1-4H3,(H,23,25). The number of hydrogen-bond acceptors (Lipinski definition) is 5. The van der Waals surface area contributed by atoms with Crippen molar-refractivity contribution in [2.24, 2.45) is 0 Å². The average molecular weight is 405 g/mol. The van der Waals surface area contributed by atoms with Crippen LogP contribution in [0.1, 0.15) is 19.4 Å². The highest BCUT2D eigenvalue weighted by molar-refractivity contribution is 7.89. The number of carbonyl (C=O) groups is 1. The Morgan fingerprint density at radius 3 is 2.32 bits per heavy atom. The lowest BCUT2D eigenvalue weighted by molar-refractivity contribution is -0.114. The van der Waals surface area contributed by atoms with Gasteiger partial charge < -0.3 is 16.0 Å². The van der Waals surface area contributed by atoms with E-state index in [1.54, 1.807) is 18.2 Å². The van der Waals surface area contributed by atoms with Gasteiger partial charge in [0.15, 0.2) is 0 Å². The highest BCUT2D eigenvalue weighted by Gasteiger charge is 2.19. The first-order valence-corrected chi connectivity index (χ1v) is 10.7. The minimum absolute atomic E-state index is 0.0158. The highest BCUT2D eigenvalue weighted by atomic mass is 32.2. The van der Waals surface area contributed by atoms with Crippen molar-refractivity contribution in [1.82, 2.24) is 4.31 Å². The molecule has 3 N–H and O–H groups in total. The molecular formula is C20H28N4O3S. The van der Waals surface area contributed by atoms with Crippen molar-refractivity contribution in [2.75, 3.05) is 43.1 Å². The molecule has 0 aliphatic heterocycles. The summed E-state index contributed by atoms with van der Waals surface area (Å²) in [5, 5.41) is 9.12. The first-order valence-electron chi connectivity index (χ1n) is 9.21. The summed E-state index contributed by atoms with van der Waals surface area (Å²) < 4.78 is 26.0. The van der Waals surface area contributed by atoms with E-state index >= 15 is 0 Å². The number of hydrogen-bond donors (Lipinski definition) is 3. The normalized spacial score (nSPS) is 11.3. The number of benzene rings is 2. The zero-order chi connectivity index (χ0) is 20.7. The van der Waals surface area contributed by atoms with Crippen molar-refractivity contribution in [2.45, 2.75) is 25.2 Å². The van der Waals surface area contributed by atoms with Crippen molar-refractivity contribution in [3.8, 4) is 0 Å². The average Bonchev–Trinajstić information content (AvgIpc) is 2.67. The predicted molar refractivity (Wildman–Crippen MR) is 114 cm³/mol. The van der Waals surface area contributed by atoms with Gasteiger partial charge in [0.25, 0.3) is 0 Å². The summed E-state index contributed by atoms with van der Waals surface area (Å²) in [5.41, 5.74) is 3.14. The van der Waals surface area contributed by atoms with Crippen LogP contribution in [0.4, 0.5) is 17.1 Å². The van der Waals surface area contributed by atoms with Gasteiger partial charge in [-0.1, -0.05) is 25.1 Å². The summed E-state index contributed by atoms with van der Waals surface area (Å²) in [6.07, 6.45) is 0.818. The molecule has 0 bridgehead atoms. The van der Waals surface area contributed by atoms with Gasteiger partial charge in [0.1, 0.15) is 0 Å². The highest BCUT2D eigenvalue weighted by Crippen LogP contribution is 2.26. The lowest BCUT2D eigenvalue weighted by Gasteiger charge is -2.17. The Morgan fingerprint density at radius 2 is 1.68 bits per heavy atom. The topological polar surface area (TPSA) is 90.5 Å². The second-order valence-electron chi connectivity index (χ2n) is 6.44. The van der Waals surface area contributed by atoms with E-state index in [0.717, 1.165) is 27.7 Å². The van der Waals surface area contributed by atoms with Gasteiger partial charge in [-0.3, -0.25) is 4.79 Å². The first kappa shape index (κ1) is 21.7. The summed E-state index contributed by atoms with van der Waals surface area (Å²) in [4.78, 5) is 12.6. The summed E-state index contributed by atoms with van der Waals surface area (Å²) in [7, 11) is -0.591. The van der Waals surface area contributed by atoms with Crippen LogP contribution in [0.5, 0.6) is 0 Å². The minimum atomic E-state index is -3.56. The summed E-state index contributed by atoms with van der Waals surface area (Å²) in [5.74, 6) is -0.204. The maximum Gasteiger partial charge on any atom is 0.243 e. The fourth-order valence-electron chi connectivity index (χ4n) is 2.71. The molecule has 0 fully saturated rings. The van der Waals surface area contributed by atoms with Crippen LogP contribution in [0.3, 0.4) is 0 Å². The first-order chi connectivity index (χ1) is 13.3. The van der Waals surface area contributed by atoms with Crippen LogP contribution in [-0.2, 0) is 21.2 Å². The van der Waals surface area contributed by atoms with Crippen molar-refractivity contribution in [3.63, 3.8) is 0 Å². The van der Waals surface area contributed by atoms with E-state index < -0.39 is 10.0 Å². The monoisotopic (exact) mass is 404 g/mol. The van der Waals surface area contributed by atoms with Crippen LogP contribution >= 0.6 is 0 Å². The lowest BCUT2D eigenvalue weighted by Crippen LogP contribution is -2.24. The van der Waals surface area contributed by atoms with E-state index in [4.69, 9.17) is 0 Å². The van der Waals surface area contributed by atoms with Crippen molar-refractivity contribution in [3.05, 3.63) is 48.0 Å². The molecule has 28 heavy (non-hydrogen) atoms. The van der Waals surface area contributed by atoms with Gasteiger partial charge in [-0.25, -0.2) is 12.7 Å². The van der Waals surface area contributed by atoms with Gasteiger partial charge in [0.05, 0.1) is 22.8 Å². The lowest BCUT2D eigenvalue weighted by atomic mass is 10.1. The van der Waals surface area contributed by atoms with E-state index in [9.17, 15) is 13.2 Å². The number of anilines is 3. The Morgan fingerprint density at radius 1 is 0.964 bits per heavy atom. The zero-order valence-corrected chi connectivity index (χ0v) is 17.6. The molecule has 7 nitrogen and oxygen atoms in total. The fourth-order valence-corrected chi connectivity index (χ4v) is 3.63. The Hall–Kier alpha value is -2.58. The van der Waals surface area contributed by atoms with E-state index in [1.807, 2.05) is 38.1 Å². The molecule has 0 spiro atoms. The molecule has 2 aromatic carbocycles. The maximum atomic E-state index is 12.4. The zero-order valence-electron chi connectivity index (χ0n) is 16.7. The number of nitrogens with one attached hydrogen (secondary N) is 3. The number of rotatable bonds is 9. The molecule has 0 saturated heterocycles. The molecule has 2 rings (SSSR count). The number of para-hydroxylation sites is 1. The largest absolute Gasteiger partial charge is 0.384 e. The Labute approximate surface area is 167 Å². The predicted octanol–water partition coefficient (Wildman–Crippen LogP) is 2.98. The third-order valence-corrected chi connectivity index (χ3v) is 6.06. The molecular weight excluding hydrogens is 376 g/mol. The van der Waals surface area contributed by atoms with Crippen LogP contribution in [-0.4, -0.2) is 45.8 Å². The molecule has 152 valence electrons. The Bertz CT molecular complexity index is 927. The molecule has 8 heteroatoms. The third-order valence-electron chi connectivity index (χ3n) is 4.25. The van der Waals surface area contributed by atoms with Gasteiger partial charge in [0.2, 0.25) is 15.9 Å². The van der Waals surface area contributed by atoms with Crippen LogP contribution in [0.2, 0.25) is 0 Å². The number of aryl methyl sites for hydroxylation is 1. The number of carbonyl (C=O) groups excluding carboxylic acids is 1. The summed E-state index contributed by atoms with van der Waals surface area (Å²) in [6.45, 7) is 4.66. The molecule has 0 aliphatic carbocycles. The van der Waals surface area contributed by atoms with Gasteiger partial charge in [-0.2, -0.15) is 0 Å². The van der Waals surface area contributed by atoms with Crippen LogP contribution in [0, 0.1) is 0 Å². The van der Waals surface area contributed by atoms with Gasteiger partial charge >= 0.3 is 0 Å². The maximum absolute atomic E-state index is 12.4. The third kappa shape index (κ3) is 5.24. The van der Waals surface area contributed by atoms with Gasteiger partial charge in [-0.05, 0) is 43.2 Å². The molecule has 0 saturated carbocycles. The molecule has 2 aromatic rings. The molecule has 0 aromatic heterocycles. The summed E-state index contributed by atoms with van der Waals surface area (Å²) in [6, 6.07) is 12.4. The van der Waals surface area contributed by atoms with Crippen LogP contribution in [0.15, 0.2) is 47.4 Å². The van der Waals surface area contributed by atoms with E-state index in [2.05, 4.69) is 16.0 Å². The van der Waals surface area contributed by atoms with Crippen molar-refractivity contribution >= 4 is 33.0 Å². The number of nitrogens with zero attached hydrogens (tertiary/aromatic N) is 1. The number of sulfonamides is 1. The van der Waals surface area contributed by atoms with E-state index in [0.29, 0.717) is 12.2 Å². The molecule has 0 aliphatic rings. The van der Waals surface area contributed by atoms with Crippen LogP contribution < -0.4 is 16.0 Å². The van der Waals surface area contributed by atoms with E-state index in [1.165, 1.54) is 14.1 Å². The smallest absolute Gasteiger partial charge is 0.243 e. The Balaban J connectivity index is 2.18. The summed E-state index contributed by atoms with van der Waals surface area (Å²) >= 11 is 0. The quantitative estimate of drug-likeness (QED) is 0.598. The van der Waals surface area contributed by atoms with E-state index in [-0.39, 0.29) is 17.3 Å². The van der Waals surface area contributed by atoms with Crippen molar-refractivity contribution < 1.29 is 13.2 Å². The van der Waals surface area contributed by atoms with Gasteiger partial charge in [0, 0.05) is 26.3 Å². The molecule has 0 heterocycles.